The summed E-state index contributed by atoms with van der Waals surface area (Å²) in [6.45, 7) is 2.21. The molecule has 2 aromatic heterocycles. The van der Waals surface area contributed by atoms with Crippen molar-refractivity contribution in [3.63, 3.8) is 0 Å². The van der Waals surface area contributed by atoms with Gasteiger partial charge in [0.15, 0.2) is 11.4 Å². The first kappa shape index (κ1) is 23.3. The number of rotatable bonds is 9. The Morgan fingerprint density at radius 2 is 1.85 bits per heavy atom. The van der Waals surface area contributed by atoms with Crippen LogP contribution in [-0.2, 0) is 23.0 Å². The lowest BCUT2D eigenvalue weighted by Crippen LogP contribution is -2.15. The Hall–Kier alpha value is -3.83. The second-order valence-electron chi connectivity index (χ2n) is 7.25. The van der Waals surface area contributed by atoms with Crippen molar-refractivity contribution in [3.8, 4) is 23.1 Å². The fourth-order valence-electron chi connectivity index (χ4n) is 3.38. The Kier molecular flexibility index (Phi) is 6.57. The molecule has 2 heterocycles. The van der Waals surface area contributed by atoms with Gasteiger partial charge in [0.1, 0.15) is 27.5 Å². The number of aromatic nitrogens is 2. The largest absolute Gasteiger partial charge is 0.496 e. The molecule has 2 aromatic carbocycles. The molecule has 178 valence electrons. The fourth-order valence-corrected chi connectivity index (χ4v) is 4.61. The van der Waals surface area contributed by atoms with Crippen molar-refractivity contribution >= 4 is 26.8 Å². The molecule has 34 heavy (non-hydrogen) atoms. The van der Waals surface area contributed by atoms with Crippen LogP contribution in [0.1, 0.15) is 18.2 Å². The van der Waals surface area contributed by atoms with Gasteiger partial charge in [-0.1, -0.05) is 24.2 Å². The number of aryl methyl sites for hydroxylation is 1. The predicted molar refractivity (Wildman–Crippen MR) is 126 cm³/mol. The standard InChI is InChI=1S/C23H24N4O6S/c1-4-14-8-9-17(30-2)20(10-14)34(28,29)27-23-22-18(31-3)11-16(12-19(22)33-26-23)32-21-7-5-6-15(13-24)25-21/h5-12H,4,13,24H2,1-3H3,(H,26,27). The van der Waals surface area contributed by atoms with Gasteiger partial charge in [0.25, 0.3) is 10.0 Å². The smallest absolute Gasteiger partial charge is 0.266 e. The maximum Gasteiger partial charge on any atom is 0.266 e. The molecule has 0 bridgehead atoms. The number of fused-ring (bicyclic) bond motifs is 1. The Bertz CT molecular complexity index is 1430. The first-order valence-corrected chi connectivity index (χ1v) is 11.9. The summed E-state index contributed by atoms with van der Waals surface area (Å²) in [5.74, 6) is 1.20. The summed E-state index contributed by atoms with van der Waals surface area (Å²) >= 11 is 0. The van der Waals surface area contributed by atoms with Gasteiger partial charge in [0.2, 0.25) is 5.88 Å². The van der Waals surface area contributed by atoms with Crippen LogP contribution in [0.2, 0.25) is 0 Å². The number of benzene rings is 2. The van der Waals surface area contributed by atoms with Crippen molar-refractivity contribution in [3.05, 3.63) is 59.8 Å². The molecule has 0 atom stereocenters. The minimum absolute atomic E-state index is 0.00437. The van der Waals surface area contributed by atoms with Crippen LogP contribution in [0.4, 0.5) is 5.82 Å². The molecule has 4 aromatic rings. The van der Waals surface area contributed by atoms with Gasteiger partial charge >= 0.3 is 0 Å². The molecule has 0 spiro atoms. The maximum absolute atomic E-state index is 13.2. The molecule has 0 unspecified atom stereocenters. The Labute approximate surface area is 196 Å². The average molecular weight is 485 g/mol. The molecule has 11 heteroatoms. The van der Waals surface area contributed by atoms with Crippen LogP contribution in [0.3, 0.4) is 0 Å². The molecule has 4 rings (SSSR count). The van der Waals surface area contributed by atoms with Crippen molar-refractivity contribution in [1.82, 2.24) is 10.1 Å². The van der Waals surface area contributed by atoms with Crippen LogP contribution in [0.15, 0.2) is 57.9 Å². The minimum Gasteiger partial charge on any atom is -0.496 e. The van der Waals surface area contributed by atoms with Gasteiger partial charge in [-0.2, -0.15) is 0 Å². The summed E-state index contributed by atoms with van der Waals surface area (Å²) < 4.78 is 50.8. The number of hydrogen-bond acceptors (Lipinski definition) is 9. The van der Waals surface area contributed by atoms with E-state index in [4.69, 9.17) is 24.5 Å². The van der Waals surface area contributed by atoms with Gasteiger partial charge in [0.05, 0.1) is 19.9 Å². The van der Waals surface area contributed by atoms with Crippen molar-refractivity contribution in [2.24, 2.45) is 5.73 Å². The number of nitrogens with two attached hydrogens (primary N) is 1. The van der Waals surface area contributed by atoms with Crippen molar-refractivity contribution in [2.75, 3.05) is 18.9 Å². The molecule has 3 N–H and O–H groups in total. The summed E-state index contributed by atoms with van der Waals surface area (Å²) in [7, 11) is -1.19. The third-order valence-corrected chi connectivity index (χ3v) is 6.46. The van der Waals surface area contributed by atoms with Gasteiger partial charge < -0.3 is 24.5 Å². The highest BCUT2D eigenvalue weighted by atomic mass is 32.2. The molecule has 0 aliphatic rings. The highest BCUT2D eigenvalue weighted by Gasteiger charge is 2.25. The zero-order valence-electron chi connectivity index (χ0n) is 18.9. The second kappa shape index (κ2) is 9.57. The van der Waals surface area contributed by atoms with E-state index in [1.165, 1.54) is 14.2 Å². The molecular weight excluding hydrogens is 460 g/mol. The number of ether oxygens (including phenoxy) is 3. The third-order valence-electron chi connectivity index (χ3n) is 5.10. The molecule has 0 radical (unpaired) electrons. The van der Waals surface area contributed by atoms with Crippen LogP contribution in [0.5, 0.6) is 23.1 Å². The second-order valence-corrected chi connectivity index (χ2v) is 8.90. The van der Waals surface area contributed by atoms with E-state index in [2.05, 4.69) is 14.9 Å². The third kappa shape index (κ3) is 4.61. The first-order chi connectivity index (χ1) is 16.4. The van der Waals surface area contributed by atoms with Crippen molar-refractivity contribution in [1.29, 1.82) is 0 Å². The molecule has 0 aliphatic heterocycles. The van der Waals surface area contributed by atoms with Crippen molar-refractivity contribution in [2.45, 2.75) is 24.8 Å². The number of methoxy groups -OCH3 is 2. The zero-order chi connectivity index (χ0) is 24.3. The predicted octanol–water partition coefficient (Wildman–Crippen LogP) is 3.85. The molecule has 0 amide bonds. The maximum atomic E-state index is 13.2. The van der Waals surface area contributed by atoms with E-state index in [-0.39, 0.29) is 28.6 Å². The highest BCUT2D eigenvalue weighted by Crippen LogP contribution is 2.38. The summed E-state index contributed by atoms with van der Waals surface area (Å²) in [5.41, 5.74) is 7.41. The lowest BCUT2D eigenvalue weighted by Gasteiger charge is -2.12. The number of nitrogens with zero attached hydrogens (tertiary/aromatic N) is 2. The minimum atomic E-state index is -4.05. The van der Waals surface area contributed by atoms with Crippen LogP contribution >= 0.6 is 0 Å². The van der Waals surface area contributed by atoms with Gasteiger partial charge in [-0.3, -0.25) is 4.72 Å². The summed E-state index contributed by atoms with van der Waals surface area (Å²) in [6.07, 6.45) is 0.666. The lowest BCUT2D eigenvalue weighted by molar-refractivity contribution is 0.402. The topological polar surface area (TPSA) is 139 Å². The van der Waals surface area contributed by atoms with E-state index in [1.807, 2.05) is 13.0 Å². The molecule has 0 saturated heterocycles. The van der Waals surface area contributed by atoms with Gasteiger partial charge in [-0.15, -0.1) is 0 Å². The summed E-state index contributed by atoms with van der Waals surface area (Å²) in [5, 5.41) is 4.25. The quantitative estimate of drug-likeness (QED) is 0.362. The van der Waals surface area contributed by atoms with Crippen LogP contribution in [0, 0.1) is 0 Å². The number of pyridine rings is 1. The Morgan fingerprint density at radius 3 is 2.56 bits per heavy atom. The Morgan fingerprint density at radius 1 is 1.06 bits per heavy atom. The lowest BCUT2D eigenvalue weighted by atomic mass is 10.2. The SMILES string of the molecule is CCc1ccc(OC)c(S(=O)(=O)Nc2noc3cc(Oc4cccc(CN)n4)cc(OC)c23)c1. The van der Waals surface area contributed by atoms with Gasteiger partial charge in [0, 0.05) is 24.7 Å². The molecule has 10 nitrogen and oxygen atoms in total. The normalized spacial score (nSPS) is 11.4. The monoisotopic (exact) mass is 484 g/mol. The Balaban J connectivity index is 1.71. The van der Waals surface area contributed by atoms with E-state index in [0.717, 1.165) is 5.56 Å². The average Bonchev–Trinajstić information content (AvgIpc) is 3.25. The first-order valence-electron chi connectivity index (χ1n) is 10.4. The van der Waals surface area contributed by atoms with Gasteiger partial charge in [-0.05, 0) is 30.2 Å². The summed E-state index contributed by atoms with van der Waals surface area (Å²) in [6, 6.07) is 13.4. The van der Waals surface area contributed by atoms with Crippen LogP contribution < -0.4 is 24.7 Å². The number of sulfonamides is 1. The summed E-state index contributed by atoms with van der Waals surface area (Å²) in [4.78, 5) is 4.30. The van der Waals surface area contributed by atoms with Crippen LogP contribution in [-0.4, -0.2) is 32.8 Å². The van der Waals surface area contributed by atoms with E-state index in [1.54, 1.807) is 42.5 Å². The van der Waals surface area contributed by atoms with Crippen molar-refractivity contribution < 1.29 is 27.2 Å². The number of hydrogen-bond donors (Lipinski definition) is 2. The number of anilines is 1. The molecule has 0 fully saturated rings. The molecule has 0 saturated carbocycles. The van der Waals surface area contributed by atoms with E-state index in [9.17, 15) is 8.42 Å². The molecule has 0 aliphatic carbocycles. The van der Waals surface area contributed by atoms with Gasteiger partial charge in [-0.25, -0.2) is 13.4 Å². The highest BCUT2D eigenvalue weighted by molar-refractivity contribution is 7.92. The van der Waals surface area contributed by atoms with E-state index < -0.39 is 10.0 Å². The fraction of sp³-hybridized carbons (Fsp3) is 0.217. The van der Waals surface area contributed by atoms with E-state index in [0.29, 0.717) is 34.9 Å². The zero-order valence-corrected chi connectivity index (χ0v) is 19.7. The van der Waals surface area contributed by atoms with Crippen LogP contribution in [0.25, 0.3) is 11.0 Å². The molecular formula is C23H24N4O6S. The number of nitrogens with one attached hydrogen (secondary N) is 1. The van der Waals surface area contributed by atoms with E-state index >= 15 is 0 Å².